The maximum absolute atomic E-state index is 4.52. The van der Waals surface area contributed by atoms with Crippen molar-refractivity contribution in [3.8, 4) is 0 Å². The van der Waals surface area contributed by atoms with Crippen LogP contribution in [0.25, 0.3) is 0 Å². The molecule has 1 N–H and O–H groups in total. The van der Waals surface area contributed by atoms with Gasteiger partial charge in [-0.2, -0.15) is 0 Å². The first-order valence-electron chi connectivity index (χ1n) is 9.27. The Morgan fingerprint density at radius 3 is 2.92 bits per heavy atom. The van der Waals surface area contributed by atoms with Gasteiger partial charge in [-0.25, -0.2) is 4.98 Å². The number of rotatable bonds is 4. The van der Waals surface area contributed by atoms with Crippen LogP contribution in [0.15, 0.2) is 48.0 Å². The van der Waals surface area contributed by atoms with E-state index in [4.69, 9.17) is 0 Å². The van der Waals surface area contributed by atoms with Crippen molar-refractivity contribution in [3.63, 3.8) is 0 Å². The average Bonchev–Trinajstić information content (AvgIpc) is 3.18. The number of nitrogens with one attached hydrogen (secondary N) is 1. The number of likely N-dealkylation sites (tertiary alicyclic amines) is 1. The Labute approximate surface area is 156 Å². The van der Waals surface area contributed by atoms with E-state index in [0.29, 0.717) is 12.0 Å². The Bertz CT molecular complexity index is 722. The molecule has 1 aromatic heterocycles. The molecule has 6 heteroatoms. The van der Waals surface area contributed by atoms with Crippen LogP contribution >= 0.6 is 0 Å². The minimum absolute atomic E-state index is 0.432. The number of nitrogens with zero attached hydrogens (tertiary/aromatic N) is 5. The normalized spacial score (nSPS) is 20.9. The summed E-state index contributed by atoms with van der Waals surface area (Å²) in [4.78, 5) is 13.2. The highest BCUT2D eigenvalue weighted by Crippen LogP contribution is 2.27. The zero-order chi connectivity index (χ0) is 18.5. The SMILES string of the molecule is CN=C(NCc1cccc(N(C)C)c1)N1CCC(C)C(n2ccnc2)C1. The number of aliphatic imine (C=N–C) groups is 1. The molecule has 1 aliphatic rings. The van der Waals surface area contributed by atoms with Crippen LogP contribution in [0.1, 0.15) is 24.9 Å². The molecule has 2 unspecified atom stereocenters. The minimum atomic E-state index is 0.432. The van der Waals surface area contributed by atoms with Crippen molar-refractivity contribution in [2.45, 2.75) is 25.9 Å². The van der Waals surface area contributed by atoms with E-state index in [1.807, 2.05) is 19.6 Å². The van der Waals surface area contributed by atoms with E-state index >= 15 is 0 Å². The lowest BCUT2D eigenvalue weighted by Gasteiger charge is -2.39. The minimum Gasteiger partial charge on any atom is -0.378 e. The number of imidazole rings is 1. The molecule has 0 amide bonds. The zero-order valence-corrected chi connectivity index (χ0v) is 16.3. The standard InChI is InChI=1S/C20H30N6/c1-16-8-10-25(14-19(16)26-11-9-22-15-26)20(21-2)23-13-17-6-5-7-18(12-17)24(3)4/h5-7,9,11-12,15-16,19H,8,10,13-14H2,1-4H3,(H,21,23). The average molecular weight is 355 g/mol. The maximum atomic E-state index is 4.52. The lowest BCUT2D eigenvalue weighted by Crippen LogP contribution is -2.48. The first-order chi connectivity index (χ1) is 12.6. The van der Waals surface area contributed by atoms with Crippen molar-refractivity contribution in [3.05, 3.63) is 48.5 Å². The largest absolute Gasteiger partial charge is 0.378 e. The van der Waals surface area contributed by atoms with Gasteiger partial charge in [0.1, 0.15) is 0 Å². The Morgan fingerprint density at radius 1 is 1.38 bits per heavy atom. The fourth-order valence-corrected chi connectivity index (χ4v) is 3.55. The fraction of sp³-hybridized carbons (Fsp3) is 0.500. The Morgan fingerprint density at radius 2 is 2.23 bits per heavy atom. The first-order valence-corrected chi connectivity index (χ1v) is 9.27. The second kappa shape index (κ2) is 8.25. The summed E-state index contributed by atoms with van der Waals surface area (Å²) in [6.45, 7) is 5.08. The molecule has 0 bridgehead atoms. The molecule has 140 valence electrons. The van der Waals surface area contributed by atoms with Gasteiger partial charge in [0, 0.05) is 58.9 Å². The predicted octanol–water partition coefficient (Wildman–Crippen LogP) is 2.61. The summed E-state index contributed by atoms with van der Waals surface area (Å²) < 4.78 is 2.23. The van der Waals surface area contributed by atoms with E-state index in [-0.39, 0.29) is 0 Å². The molecule has 26 heavy (non-hydrogen) atoms. The summed E-state index contributed by atoms with van der Waals surface area (Å²) >= 11 is 0. The molecule has 1 fully saturated rings. The lowest BCUT2D eigenvalue weighted by atomic mass is 9.93. The van der Waals surface area contributed by atoms with Crippen molar-refractivity contribution in [2.75, 3.05) is 39.1 Å². The number of anilines is 1. The molecule has 0 spiro atoms. The molecule has 0 aliphatic carbocycles. The molecule has 1 aliphatic heterocycles. The van der Waals surface area contributed by atoms with Gasteiger partial charge in [-0.3, -0.25) is 4.99 Å². The molecular weight excluding hydrogens is 324 g/mol. The summed E-state index contributed by atoms with van der Waals surface area (Å²) in [5.74, 6) is 1.60. The summed E-state index contributed by atoms with van der Waals surface area (Å²) in [5.41, 5.74) is 2.47. The van der Waals surface area contributed by atoms with Crippen LogP contribution in [-0.2, 0) is 6.54 Å². The van der Waals surface area contributed by atoms with Gasteiger partial charge in [0.15, 0.2) is 5.96 Å². The number of guanidine groups is 1. The Balaban J connectivity index is 1.64. The van der Waals surface area contributed by atoms with E-state index in [2.05, 4.69) is 81.1 Å². The summed E-state index contributed by atoms with van der Waals surface area (Å²) in [5, 5.41) is 3.53. The quantitative estimate of drug-likeness (QED) is 0.677. The van der Waals surface area contributed by atoms with Crippen molar-refractivity contribution < 1.29 is 0 Å². The third-order valence-electron chi connectivity index (χ3n) is 5.22. The van der Waals surface area contributed by atoms with Crippen molar-refractivity contribution in [1.82, 2.24) is 19.8 Å². The molecule has 2 atom stereocenters. The van der Waals surface area contributed by atoms with Crippen LogP contribution in [0.5, 0.6) is 0 Å². The molecule has 6 nitrogen and oxygen atoms in total. The monoisotopic (exact) mass is 354 g/mol. The highest BCUT2D eigenvalue weighted by molar-refractivity contribution is 5.80. The predicted molar refractivity (Wildman–Crippen MR) is 108 cm³/mol. The highest BCUT2D eigenvalue weighted by atomic mass is 15.3. The van der Waals surface area contributed by atoms with Crippen molar-refractivity contribution in [2.24, 2.45) is 10.9 Å². The van der Waals surface area contributed by atoms with Gasteiger partial charge in [0.05, 0.1) is 12.4 Å². The smallest absolute Gasteiger partial charge is 0.193 e. The van der Waals surface area contributed by atoms with Crippen molar-refractivity contribution in [1.29, 1.82) is 0 Å². The third-order valence-corrected chi connectivity index (χ3v) is 5.22. The van der Waals surface area contributed by atoms with Gasteiger partial charge in [-0.15, -0.1) is 0 Å². The van der Waals surface area contributed by atoms with Crippen molar-refractivity contribution >= 4 is 11.6 Å². The molecule has 0 saturated carbocycles. The second-order valence-electron chi connectivity index (χ2n) is 7.25. The second-order valence-corrected chi connectivity index (χ2v) is 7.25. The van der Waals surface area contributed by atoms with Crippen LogP contribution in [-0.4, -0.2) is 54.6 Å². The molecule has 3 rings (SSSR count). The Kier molecular flexibility index (Phi) is 5.81. The summed E-state index contributed by atoms with van der Waals surface area (Å²) in [7, 11) is 6.00. The van der Waals surface area contributed by atoms with Gasteiger partial charge in [-0.1, -0.05) is 19.1 Å². The number of benzene rings is 1. The highest BCUT2D eigenvalue weighted by Gasteiger charge is 2.28. The van der Waals surface area contributed by atoms with Gasteiger partial charge in [0.2, 0.25) is 0 Å². The van der Waals surface area contributed by atoms with E-state index < -0.39 is 0 Å². The van der Waals surface area contributed by atoms with E-state index in [1.54, 1.807) is 0 Å². The van der Waals surface area contributed by atoms with E-state index in [9.17, 15) is 0 Å². The topological polar surface area (TPSA) is 48.7 Å². The molecular formula is C20H30N6. The summed E-state index contributed by atoms with van der Waals surface area (Å²) in [6.07, 6.45) is 7.00. The number of piperidine rings is 1. The molecule has 2 heterocycles. The molecule has 1 aromatic carbocycles. The van der Waals surface area contributed by atoms with Crippen LogP contribution in [0.3, 0.4) is 0 Å². The van der Waals surface area contributed by atoms with Crippen LogP contribution in [0.2, 0.25) is 0 Å². The fourth-order valence-electron chi connectivity index (χ4n) is 3.55. The maximum Gasteiger partial charge on any atom is 0.193 e. The van der Waals surface area contributed by atoms with Crippen LogP contribution in [0, 0.1) is 5.92 Å². The van der Waals surface area contributed by atoms with Crippen LogP contribution < -0.4 is 10.2 Å². The van der Waals surface area contributed by atoms with E-state index in [1.165, 1.54) is 11.3 Å². The molecule has 2 aromatic rings. The Hall–Kier alpha value is -2.50. The number of aromatic nitrogens is 2. The number of hydrogen-bond acceptors (Lipinski definition) is 3. The van der Waals surface area contributed by atoms with Crippen LogP contribution in [0.4, 0.5) is 5.69 Å². The number of hydrogen-bond donors (Lipinski definition) is 1. The van der Waals surface area contributed by atoms with Gasteiger partial charge < -0.3 is 19.7 Å². The first kappa shape index (κ1) is 18.3. The van der Waals surface area contributed by atoms with E-state index in [0.717, 1.165) is 32.0 Å². The molecule has 0 radical (unpaired) electrons. The zero-order valence-electron chi connectivity index (χ0n) is 16.3. The lowest BCUT2D eigenvalue weighted by molar-refractivity contribution is 0.189. The van der Waals surface area contributed by atoms with Gasteiger partial charge in [0.25, 0.3) is 0 Å². The molecule has 1 saturated heterocycles. The van der Waals surface area contributed by atoms with Gasteiger partial charge in [-0.05, 0) is 30.0 Å². The third kappa shape index (κ3) is 4.18. The van der Waals surface area contributed by atoms with Gasteiger partial charge >= 0.3 is 0 Å². The summed E-state index contributed by atoms with van der Waals surface area (Å²) in [6, 6.07) is 9.03.